The van der Waals surface area contributed by atoms with Crippen LogP contribution in [0, 0.1) is 5.82 Å². The Morgan fingerprint density at radius 3 is 2.20 bits per heavy atom. The summed E-state index contributed by atoms with van der Waals surface area (Å²) in [5, 5.41) is 3.34. The van der Waals surface area contributed by atoms with Gasteiger partial charge in [0.05, 0.1) is 6.04 Å². The van der Waals surface area contributed by atoms with Gasteiger partial charge in [0.25, 0.3) is 0 Å². The zero-order valence-electron chi connectivity index (χ0n) is 13.5. The fourth-order valence-electron chi connectivity index (χ4n) is 2.62. The third-order valence-corrected chi connectivity index (χ3v) is 4.47. The minimum atomic E-state index is -0.284. The molecule has 0 amide bonds. The smallest absolute Gasteiger partial charge is 0.165 e. The molecule has 3 rings (SSSR count). The minimum Gasteiger partial charge on any atom is -0.378 e. The molecule has 2 nitrogen and oxygen atoms in total. The Balaban J connectivity index is 1.82. The highest BCUT2D eigenvalue weighted by Crippen LogP contribution is 2.25. The van der Waals surface area contributed by atoms with Crippen molar-refractivity contribution in [1.82, 2.24) is 0 Å². The molecule has 3 aromatic carbocycles. The average Bonchev–Trinajstić information content (AvgIpc) is 2.64. The number of carbonyl (C=O) groups excluding carboxylic acids is 1. The maximum atomic E-state index is 13.1. The van der Waals surface area contributed by atoms with Crippen molar-refractivity contribution in [2.75, 3.05) is 5.32 Å². The lowest BCUT2D eigenvalue weighted by atomic mass is 9.97. The van der Waals surface area contributed by atoms with Crippen molar-refractivity contribution in [1.29, 1.82) is 0 Å². The van der Waals surface area contributed by atoms with Crippen LogP contribution in [0.3, 0.4) is 0 Å². The number of halogens is 2. The van der Waals surface area contributed by atoms with E-state index in [2.05, 4.69) is 21.2 Å². The SMILES string of the molecule is O=C(CC(Nc1ccc(F)cc1)c1ccccc1)c1ccc(Br)cc1. The van der Waals surface area contributed by atoms with E-state index in [1.165, 1.54) is 12.1 Å². The van der Waals surface area contributed by atoms with E-state index in [-0.39, 0.29) is 17.6 Å². The van der Waals surface area contributed by atoms with E-state index in [4.69, 9.17) is 0 Å². The molecule has 3 aromatic rings. The molecule has 0 spiro atoms. The predicted molar refractivity (Wildman–Crippen MR) is 102 cm³/mol. The molecule has 0 bridgehead atoms. The molecule has 0 aliphatic carbocycles. The number of benzene rings is 3. The van der Waals surface area contributed by atoms with Crippen LogP contribution in [0.4, 0.5) is 10.1 Å². The lowest BCUT2D eigenvalue weighted by Crippen LogP contribution is -2.15. The summed E-state index contributed by atoms with van der Waals surface area (Å²) < 4.78 is 14.1. The molecule has 25 heavy (non-hydrogen) atoms. The van der Waals surface area contributed by atoms with Crippen LogP contribution in [0.2, 0.25) is 0 Å². The first kappa shape index (κ1) is 17.4. The molecular weight excluding hydrogens is 381 g/mol. The minimum absolute atomic E-state index is 0.0518. The quantitative estimate of drug-likeness (QED) is 0.515. The second-order valence-electron chi connectivity index (χ2n) is 5.75. The van der Waals surface area contributed by atoms with Crippen LogP contribution >= 0.6 is 15.9 Å². The topological polar surface area (TPSA) is 29.1 Å². The summed E-state index contributed by atoms with van der Waals surface area (Å²) in [5.74, 6) is -0.233. The van der Waals surface area contributed by atoms with Gasteiger partial charge < -0.3 is 5.32 Å². The molecule has 0 saturated heterocycles. The number of hydrogen-bond donors (Lipinski definition) is 1. The van der Waals surface area contributed by atoms with Gasteiger partial charge in [-0.15, -0.1) is 0 Å². The first-order valence-electron chi connectivity index (χ1n) is 7.97. The standard InChI is InChI=1S/C21H17BrFNO/c22-17-8-6-16(7-9-17)21(25)14-20(15-4-2-1-3-5-15)24-19-12-10-18(23)11-13-19/h1-13,20,24H,14H2. The number of rotatable bonds is 6. The van der Waals surface area contributed by atoms with Crippen LogP contribution in [0.1, 0.15) is 28.4 Å². The maximum absolute atomic E-state index is 13.1. The first-order valence-corrected chi connectivity index (χ1v) is 8.77. The number of carbonyl (C=O) groups is 1. The van der Waals surface area contributed by atoms with E-state index in [0.717, 1.165) is 15.7 Å². The van der Waals surface area contributed by atoms with Crippen molar-refractivity contribution >= 4 is 27.4 Å². The summed E-state index contributed by atoms with van der Waals surface area (Å²) in [5.41, 5.74) is 2.46. The van der Waals surface area contributed by atoms with Crippen molar-refractivity contribution < 1.29 is 9.18 Å². The second kappa shape index (κ2) is 8.08. The van der Waals surface area contributed by atoms with E-state index < -0.39 is 0 Å². The van der Waals surface area contributed by atoms with Gasteiger partial charge in [0.1, 0.15) is 5.82 Å². The third kappa shape index (κ3) is 4.77. The Morgan fingerprint density at radius 2 is 1.56 bits per heavy atom. The lowest BCUT2D eigenvalue weighted by molar-refractivity contribution is 0.0976. The monoisotopic (exact) mass is 397 g/mol. The molecule has 4 heteroatoms. The molecule has 1 N–H and O–H groups in total. The average molecular weight is 398 g/mol. The molecule has 1 atom stereocenters. The van der Waals surface area contributed by atoms with Crippen LogP contribution in [0.5, 0.6) is 0 Å². The highest BCUT2D eigenvalue weighted by Gasteiger charge is 2.17. The van der Waals surface area contributed by atoms with Crippen molar-refractivity contribution in [3.05, 3.63) is 100 Å². The molecular formula is C21H17BrFNO. The van der Waals surface area contributed by atoms with Crippen LogP contribution in [0.25, 0.3) is 0 Å². The zero-order valence-corrected chi connectivity index (χ0v) is 15.0. The third-order valence-electron chi connectivity index (χ3n) is 3.94. The molecule has 0 radical (unpaired) electrons. The van der Waals surface area contributed by atoms with E-state index in [9.17, 15) is 9.18 Å². The van der Waals surface area contributed by atoms with E-state index in [0.29, 0.717) is 12.0 Å². The van der Waals surface area contributed by atoms with Gasteiger partial charge in [-0.25, -0.2) is 4.39 Å². The van der Waals surface area contributed by atoms with Crippen LogP contribution in [0.15, 0.2) is 83.3 Å². The van der Waals surface area contributed by atoms with Gasteiger partial charge in [0.15, 0.2) is 5.78 Å². The molecule has 0 aliphatic heterocycles. The van der Waals surface area contributed by atoms with Gasteiger partial charge in [-0.3, -0.25) is 4.79 Å². The summed E-state index contributed by atoms with van der Waals surface area (Å²) >= 11 is 3.38. The Hall–Kier alpha value is -2.46. The van der Waals surface area contributed by atoms with Gasteiger partial charge in [0, 0.05) is 22.1 Å². The summed E-state index contributed by atoms with van der Waals surface area (Å²) in [6, 6.07) is 23.1. The number of hydrogen-bond acceptors (Lipinski definition) is 2. The molecule has 126 valence electrons. The van der Waals surface area contributed by atoms with E-state index in [1.54, 1.807) is 12.1 Å². The number of anilines is 1. The van der Waals surface area contributed by atoms with Gasteiger partial charge in [-0.05, 0) is 42.0 Å². The summed E-state index contributed by atoms with van der Waals surface area (Å²) in [4.78, 5) is 12.7. The van der Waals surface area contributed by atoms with Crippen molar-refractivity contribution in [3.8, 4) is 0 Å². The second-order valence-corrected chi connectivity index (χ2v) is 6.66. The number of Topliss-reactive ketones (excluding diaryl/α,β-unsaturated/α-hetero) is 1. The van der Waals surface area contributed by atoms with Gasteiger partial charge in [-0.1, -0.05) is 58.4 Å². The highest BCUT2D eigenvalue weighted by atomic mass is 79.9. The molecule has 0 aromatic heterocycles. The molecule has 1 unspecified atom stereocenters. The Bertz CT molecular complexity index is 832. The Labute approximate surface area is 154 Å². The molecule has 0 saturated carbocycles. The first-order chi connectivity index (χ1) is 12.1. The Morgan fingerprint density at radius 1 is 0.920 bits per heavy atom. The lowest BCUT2D eigenvalue weighted by Gasteiger charge is -2.20. The number of ketones is 1. The van der Waals surface area contributed by atoms with Crippen molar-refractivity contribution in [2.45, 2.75) is 12.5 Å². The van der Waals surface area contributed by atoms with E-state index in [1.807, 2.05) is 54.6 Å². The van der Waals surface area contributed by atoms with Crippen LogP contribution < -0.4 is 5.32 Å². The van der Waals surface area contributed by atoms with Crippen LogP contribution in [-0.4, -0.2) is 5.78 Å². The predicted octanol–water partition coefficient (Wildman–Crippen LogP) is 6.01. The summed E-state index contributed by atoms with van der Waals surface area (Å²) in [6.07, 6.45) is 0.309. The van der Waals surface area contributed by atoms with Gasteiger partial charge in [-0.2, -0.15) is 0 Å². The Kier molecular flexibility index (Phi) is 5.61. The molecule has 0 heterocycles. The number of nitrogens with one attached hydrogen (secondary N) is 1. The van der Waals surface area contributed by atoms with Gasteiger partial charge in [0.2, 0.25) is 0 Å². The largest absolute Gasteiger partial charge is 0.378 e. The van der Waals surface area contributed by atoms with E-state index >= 15 is 0 Å². The van der Waals surface area contributed by atoms with Gasteiger partial charge >= 0.3 is 0 Å². The summed E-state index contributed by atoms with van der Waals surface area (Å²) in [7, 11) is 0. The molecule has 0 fully saturated rings. The van der Waals surface area contributed by atoms with Crippen molar-refractivity contribution in [3.63, 3.8) is 0 Å². The maximum Gasteiger partial charge on any atom is 0.165 e. The van der Waals surface area contributed by atoms with Crippen molar-refractivity contribution in [2.24, 2.45) is 0 Å². The fraction of sp³-hybridized carbons (Fsp3) is 0.0952. The van der Waals surface area contributed by atoms with Crippen LogP contribution in [-0.2, 0) is 0 Å². The summed E-state index contributed by atoms with van der Waals surface area (Å²) in [6.45, 7) is 0. The highest BCUT2D eigenvalue weighted by molar-refractivity contribution is 9.10. The molecule has 0 aliphatic rings. The normalized spacial score (nSPS) is 11.8. The zero-order chi connectivity index (χ0) is 17.6. The fourth-order valence-corrected chi connectivity index (χ4v) is 2.89.